The second kappa shape index (κ2) is 11.2. The molecule has 6 nitrogen and oxygen atoms in total. The van der Waals surface area contributed by atoms with E-state index in [9.17, 15) is 9.59 Å². The Bertz CT molecular complexity index is 1120. The maximum absolute atomic E-state index is 12.8. The fraction of sp³-hybridized carbons (Fsp3) is 0.0952. The highest BCUT2D eigenvalue weighted by atomic mass is 79.9. The largest absolute Gasteiger partial charge is 0.482 e. The fourth-order valence-corrected chi connectivity index (χ4v) is 4.30. The van der Waals surface area contributed by atoms with Gasteiger partial charge in [-0.1, -0.05) is 68.9 Å². The zero-order valence-electron chi connectivity index (χ0n) is 16.3. The SMILES string of the molecule is C=CCN1C(=O)C(=Cc2ccc(Br)cc2)SC1=NNC(=O)COc1cc(Cl)c(Cl)cc1Cl. The number of hydrogen-bond acceptors (Lipinski definition) is 5. The third-order valence-corrected chi connectivity index (χ3v) is 6.53. The third-order valence-electron chi connectivity index (χ3n) is 3.98. The first kappa shape index (κ1) is 24.7. The third kappa shape index (κ3) is 6.30. The molecule has 1 aliphatic rings. The number of nitrogens with one attached hydrogen (secondary N) is 1. The van der Waals surface area contributed by atoms with Gasteiger partial charge >= 0.3 is 0 Å². The summed E-state index contributed by atoms with van der Waals surface area (Å²) in [6.07, 6.45) is 3.34. The predicted octanol–water partition coefficient (Wildman–Crippen LogP) is 5.98. The summed E-state index contributed by atoms with van der Waals surface area (Å²) in [4.78, 5) is 26.8. The minimum absolute atomic E-state index is 0.210. The summed E-state index contributed by atoms with van der Waals surface area (Å²) in [5, 5.41) is 5.13. The second-order valence-corrected chi connectivity index (χ2v) is 9.43. The maximum Gasteiger partial charge on any atom is 0.278 e. The van der Waals surface area contributed by atoms with E-state index in [1.807, 2.05) is 24.3 Å². The van der Waals surface area contributed by atoms with Crippen molar-refractivity contribution in [1.82, 2.24) is 10.3 Å². The lowest BCUT2D eigenvalue weighted by Crippen LogP contribution is -2.32. The van der Waals surface area contributed by atoms with Gasteiger partial charge in [0.15, 0.2) is 11.8 Å². The monoisotopic (exact) mass is 573 g/mol. The summed E-state index contributed by atoms with van der Waals surface area (Å²) < 4.78 is 6.32. The first-order valence-electron chi connectivity index (χ1n) is 9.00. The zero-order valence-corrected chi connectivity index (χ0v) is 20.9. The summed E-state index contributed by atoms with van der Waals surface area (Å²) >= 11 is 22.4. The van der Waals surface area contributed by atoms with Crippen molar-refractivity contribution >= 4 is 85.6 Å². The molecule has 0 aromatic heterocycles. The minimum atomic E-state index is -0.545. The van der Waals surface area contributed by atoms with E-state index in [1.54, 1.807) is 12.2 Å². The molecule has 0 atom stereocenters. The van der Waals surface area contributed by atoms with Crippen molar-refractivity contribution in [3.05, 3.63) is 79.1 Å². The average molecular weight is 576 g/mol. The molecule has 32 heavy (non-hydrogen) atoms. The molecule has 1 heterocycles. The van der Waals surface area contributed by atoms with Crippen LogP contribution in [0.3, 0.4) is 0 Å². The van der Waals surface area contributed by atoms with Crippen molar-refractivity contribution in [3.63, 3.8) is 0 Å². The Morgan fingerprint density at radius 3 is 2.56 bits per heavy atom. The standard InChI is InChI=1S/C21H15BrCl3N3O3S/c1-2-7-28-20(30)18(8-12-3-5-13(22)6-4-12)32-21(28)27-26-19(29)11-31-17-10-15(24)14(23)9-16(17)25/h2-6,8-10H,1,7,11H2,(H,26,29). The van der Waals surface area contributed by atoms with E-state index in [1.165, 1.54) is 17.0 Å². The molecule has 0 radical (unpaired) electrons. The van der Waals surface area contributed by atoms with Crippen LogP contribution in [0.15, 0.2) is 63.5 Å². The van der Waals surface area contributed by atoms with Crippen molar-refractivity contribution in [2.24, 2.45) is 5.10 Å². The molecule has 1 fully saturated rings. The van der Waals surface area contributed by atoms with E-state index in [0.717, 1.165) is 21.8 Å². The van der Waals surface area contributed by atoms with E-state index >= 15 is 0 Å². The van der Waals surface area contributed by atoms with Gasteiger partial charge in [-0.15, -0.1) is 11.7 Å². The first-order chi connectivity index (χ1) is 15.3. The Labute approximate surface area is 212 Å². The molecule has 1 aliphatic heterocycles. The second-order valence-electron chi connectivity index (χ2n) is 6.28. The molecular formula is C21H15BrCl3N3O3S. The van der Waals surface area contributed by atoms with Crippen LogP contribution >= 0.6 is 62.5 Å². The number of carbonyl (C=O) groups excluding carboxylic acids is 2. The van der Waals surface area contributed by atoms with Gasteiger partial charge < -0.3 is 4.74 Å². The van der Waals surface area contributed by atoms with E-state index in [-0.39, 0.29) is 39.9 Å². The van der Waals surface area contributed by atoms with Crippen LogP contribution in [0.2, 0.25) is 15.1 Å². The van der Waals surface area contributed by atoms with Gasteiger partial charge in [0.2, 0.25) is 0 Å². The van der Waals surface area contributed by atoms with Crippen molar-refractivity contribution in [1.29, 1.82) is 0 Å². The Morgan fingerprint density at radius 2 is 1.88 bits per heavy atom. The van der Waals surface area contributed by atoms with Crippen molar-refractivity contribution in [2.45, 2.75) is 0 Å². The van der Waals surface area contributed by atoms with Gasteiger partial charge in [-0.25, -0.2) is 5.43 Å². The highest BCUT2D eigenvalue weighted by Crippen LogP contribution is 2.34. The number of nitrogens with zero attached hydrogens (tertiary/aromatic N) is 2. The van der Waals surface area contributed by atoms with Crippen LogP contribution in [0.25, 0.3) is 6.08 Å². The number of ether oxygens (including phenoxy) is 1. The Balaban J connectivity index is 1.68. The molecule has 0 saturated carbocycles. The molecule has 11 heteroatoms. The van der Waals surface area contributed by atoms with Gasteiger partial charge in [-0.2, -0.15) is 0 Å². The lowest BCUT2D eigenvalue weighted by atomic mass is 10.2. The highest BCUT2D eigenvalue weighted by Gasteiger charge is 2.32. The first-order valence-corrected chi connectivity index (χ1v) is 11.7. The van der Waals surface area contributed by atoms with Gasteiger partial charge in [0.1, 0.15) is 5.75 Å². The molecule has 0 aliphatic carbocycles. The normalized spacial score (nSPS) is 16.0. The average Bonchev–Trinajstić information content (AvgIpc) is 3.05. The number of rotatable bonds is 7. The van der Waals surface area contributed by atoms with Gasteiger partial charge in [-0.3, -0.25) is 14.5 Å². The van der Waals surface area contributed by atoms with Gasteiger partial charge in [0.25, 0.3) is 11.8 Å². The van der Waals surface area contributed by atoms with E-state index in [2.05, 4.69) is 33.0 Å². The van der Waals surface area contributed by atoms with Crippen molar-refractivity contribution in [2.75, 3.05) is 13.2 Å². The molecule has 1 saturated heterocycles. The van der Waals surface area contributed by atoms with Crippen LogP contribution < -0.4 is 10.2 Å². The number of thioether (sulfide) groups is 1. The number of benzene rings is 2. The molecule has 1 N–H and O–H groups in total. The molecule has 0 spiro atoms. The minimum Gasteiger partial charge on any atom is -0.482 e. The van der Waals surface area contributed by atoms with Gasteiger partial charge in [0, 0.05) is 17.1 Å². The molecule has 2 aromatic rings. The van der Waals surface area contributed by atoms with Crippen LogP contribution in [0.4, 0.5) is 0 Å². The number of hydrogen-bond donors (Lipinski definition) is 1. The molecule has 0 unspecified atom stereocenters. The van der Waals surface area contributed by atoms with Gasteiger partial charge in [0.05, 0.1) is 20.0 Å². The number of amides is 2. The summed E-state index contributed by atoms with van der Waals surface area (Å²) in [5.74, 6) is -0.566. The molecular weight excluding hydrogens is 561 g/mol. The Morgan fingerprint density at radius 1 is 1.19 bits per heavy atom. The van der Waals surface area contributed by atoms with Crippen molar-refractivity contribution < 1.29 is 14.3 Å². The van der Waals surface area contributed by atoms with Crippen LogP contribution in [0, 0.1) is 0 Å². The molecule has 3 rings (SSSR count). The number of halogens is 4. The Kier molecular flexibility index (Phi) is 8.67. The summed E-state index contributed by atoms with van der Waals surface area (Å²) in [7, 11) is 0. The van der Waals surface area contributed by atoms with Crippen molar-refractivity contribution in [3.8, 4) is 5.75 Å². The van der Waals surface area contributed by atoms with E-state index < -0.39 is 5.91 Å². The number of amidine groups is 1. The molecule has 2 aromatic carbocycles. The number of hydrazone groups is 1. The molecule has 0 bridgehead atoms. The highest BCUT2D eigenvalue weighted by molar-refractivity contribution is 9.10. The number of carbonyl (C=O) groups is 2. The summed E-state index contributed by atoms with van der Waals surface area (Å²) in [5.41, 5.74) is 3.24. The van der Waals surface area contributed by atoms with Crippen LogP contribution in [-0.2, 0) is 9.59 Å². The van der Waals surface area contributed by atoms with Crippen LogP contribution in [-0.4, -0.2) is 35.0 Å². The summed E-state index contributed by atoms with van der Waals surface area (Å²) in [6, 6.07) is 10.4. The predicted molar refractivity (Wildman–Crippen MR) is 134 cm³/mol. The Hall–Kier alpha value is -1.97. The smallest absolute Gasteiger partial charge is 0.278 e. The topological polar surface area (TPSA) is 71.0 Å². The van der Waals surface area contributed by atoms with Crippen LogP contribution in [0.5, 0.6) is 5.75 Å². The quantitative estimate of drug-likeness (QED) is 0.191. The lowest BCUT2D eigenvalue weighted by molar-refractivity contribution is -0.123. The molecule has 2 amide bonds. The van der Waals surface area contributed by atoms with Crippen LogP contribution in [0.1, 0.15) is 5.56 Å². The fourth-order valence-electron chi connectivity index (χ4n) is 2.49. The zero-order chi connectivity index (χ0) is 23.3. The summed E-state index contributed by atoms with van der Waals surface area (Å²) in [6.45, 7) is 3.55. The van der Waals surface area contributed by atoms with E-state index in [0.29, 0.717) is 10.1 Å². The lowest BCUT2D eigenvalue weighted by Gasteiger charge is -2.12. The van der Waals surface area contributed by atoms with Gasteiger partial charge in [-0.05, 0) is 41.6 Å². The van der Waals surface area contributed by atoms with E-state index in [4.69, 9.17) is 39.5 Å². The maximum atomic E-state index is 12.8. The molecule has 166 valence electrons.